The molecule has 0 spiro atoms. The fraction of sp³-hybridized carbons (Fsp3) is 0.467. The molecule has 108 valence electrons. The minimum absolute atomic E-state index is 0.0101. The summed E-state index contributed by atoms with van der Waals surface area (Å²) in [6, 6.07) is 7.48. The number of amides is 2. The van der Waals surface area contributed by atoms with Gasteiger partial charge in [0.1, 0.15) is 6.54 Å². The quantitative estimate of drug-likeness (QED) is 0.841. The third-order valence-electron chi connectivity index (χ3n) is 3.16. The van der Waals surface area contributed by atoms with Crippen molar-refractivity contribution in [3.8, 4) is 0 Å². The van der Waals surface area contributed by atoms with Crippen LogP contribution in [0.1, 0.15) is 25.3 Å². The van der Waals surface area contributed by atoms with Gasteiger partial charge in [0.15, 0.2) is 0 Å². The smallest absolute Gasteiger partial charge is 0.325 e. The van der Waals surface area contributed by atoms with Crippen molar-refractivity contribution in [2.45, 2.75) is 32.7 Å². The molecule has 0 saturated heterocycles. The van der Waals surface area contributed by atoms with Crippen LogP contribution in [0.15, 0.2) is 24.3 Å². The van der Waals surface area contributed by atoms with Crippen molar-refractivity contribution in [3.63, 3.8) is 0 Å². The number of ether oxygens (including phenoxy) is 1. The van der Waals surface area contributed by atoms with Crippen LogP contribution in [0, 0.1) is 6.92 Å². The number of aryl methyl sites for hydroxylation is 1. The molecule has 1 aliphatic carbocycles. The molecule has 1 aliphatic rings. The van der Waals surface area contributed by atoms with Crippen LogP contribution in [0.2, 0.25) is 0 Å². The van der Waals surface area contributed by atoms with E-state index >= 15 is 0 Å². The normalized spacial score (nSPS) is 13.7. The van der Waals surface area contributed by atoms with Gasteiger partial charge in [0.05, 0.1) is 6.61 Å². The van der Waals surface area contributed by atoms with Crippen LogP contribution in [-0.4, -0.2) is 36.1 Å². The van der Waals surface area contributed by atoms with Crippen molar-refractivity contribution in [1.29, 1.82) is 0 Å². The molecule has 0 unspecified atom stereocenters. The third-order valence-corrected chi connectivity index (χ3v) is 3.16. The Hall–Kier alpha value is -2.04. The Balaban J connectivity index is 1.96. The zero-order chi connectivity index (χ0) is 14.5. The minimum Gasteiger partial charge on any atom is -0.465 e. The number of hydrogen-bond acceptors (Lipinski definition) is 3. The summed E-state index contributed by atoms with van der Waals surface area (Å²) in [7, 11) is 0. The second kappa shape index (κ2) is 6.41. The molecule has 20 heavy (non-hydrogen) atoms. The molecule has 0 radical (unpaired) electrons. The first-order valence-corrected chi connectivity index (χ1v) is 6.90. The number of carbonyl (C=O) groups excluding carboxylic acids is 2. The molecule has 1 N–H and O–H groups in total. The predicted molar refractivity (Wildman–Crippen MR) is 76.6 cm³/mol. The molecular formula is C15H20N2O3. The molecule has 1 fully saturated rings. The number of anilines is 1. The van der Waals surface area contributed by atoms with E-state index in [-0.39, 0.29) is 24.6 Å². The van der Waals surface area contributed by atoms with Crippen LogP contribution in [0.4, 0.5) is 10.5 Å². The van der Waals surface area contributed by atoms with E-state index in [0.29, 0.717) is 6.61 Å². The molecule has 2 rings (SSSR count). The fourth-order valence-electron chi connectivity index (χ4n) is 1.93. The third kappa shape index (κ3) is 3.98. The van der Waals surface area contributed by atoms with Gasteiger partial charge in [0, 0.05) is 11.7 Å². The van der Waals surface area contributed by atoms with Gasteiger partial charge >= 0.3 is 12.0 Å². The van der Waals surface area contributed by atoms with Crippen molar-refractivity contribution < 1.29 is 14.3 Å². The summed E-state index contributed by atoms with van der Waals surface area (Å²) in [6.07, 6.45) is 1.89. The van der Waals surface area contributed by atoms with Gasteiger partial charge < -0.3 is 15.0 Å². The lowest BCUT2D eigenvalue weighted by Gasteiger charge is -2.21. The van der Waals surface area contributed by atoms with Gasteiger partial charge in [-0.1, -0.05) is 17.7 Å². The number of nitrogens with one attached hydrogen (secondary N) is 1. The van der Waals surface area contributed by atoms with Crippen molar-refractivity contribution in [1.82, 2.24) is 4.90 Å². The van der Waals surface area contributed by atoms with Crippen molar-refractivity contribution in [2.24, 2.45) is 0 Å². The molecule has 0 bridgehead atoms. The Kier molecular flexibility index (Phi) is 4.61. The molecular weight excluding hydrogens is 256 g/mol. The first kappa shape index (κ1) is 14.4. The molecule has 0 aromatic heterocycles. The van der Waals surface area contributed by atoms with E-state index in [9.17, 15) is 9.59 Å². The lowest BCUT2D eigenvalue weighted by atomic mass is 10.2. The summed E-state index contributed by atoms with van der Waals surface area (Å²) in [4.78, 5) is 25.3. The van der Waals surface area contributed by atoms with Gasteiger partial charge in [-0.2, -0.15) is 0 Å². The zero-order valence-corrected chi connectivity index (χ0v) is 11.9. The highest BCUT2D eigenvalue weighted by molar-refractivity contribution is 5.92. The van der Waals surface area contributed by atoms with E-state index in [1.807, 2.05) is 31.2 Å². The number of urea groups is 1. The Labute approximate surface area is 118 Å². The van der Waals surface area contributed by atoms with E-state index in [1.54, 1.807) is 11.8 Å². The molecule has 1 saturated carbocycles. The standard InChI is InChI=1S/C15H20N2O3/c1-3-20-14(18)10-17(13-8-9-13)15(19)16-12-6-4-11(2)5-7-12/h4-7,13H,3,8-10H2,1-2H3,(H,16,19). The topological polar surface area (TPSA) is 58.6 Å². The summed E-state index contributed by atoms with van der Waals surface area (Å²) < 4.78 is 4.91. The number of nitrogens with zero attached hydrogens (tertiary/aromatic N) is 1. The van der Waals surface area contributed by atoms with Crippen molar-refractivity contribution in [2.75, 3.05) is 18.5 Å². The van der Waals surface area contributed by atoms with Gasteiger partial charge in [-0.05, 0) is 38.8 Å². The highest BCUT2D eigenvalue weighted by Gasteiger charge is 2.34. The van der Waals surface area contributed by atoms with Crippen LogP contribution in [0.3, 0.4) is 0 Å². The summed E-state index contributed by atoms with van der Waals surface area (Å²) >= 11 is 0. The van der Waals surface area contributed by atoms with E-state index < -0.39 is 0 Å². The molecule has 0 atom stereocenters. The maximum absolute atomic E-state index is 12.2. The van der Waals surface area contributed by atoms with Crippen LogP contribution >= 0.6 is 0 Å². The number of hydrogen-bond donors (Lipinski definition) is 1. The van der Waals surface area contributed by atoms with Crippen LogP contribution < -0.4 is 5.32 Å². The number of benzene rings is 1. The SMILES string of the molecule is CCOC(=O)CN(C(=O)Nc1ccc(C)cc1)C1CC1. The number of carbonyl (C=O) groups is 2. The molecule has 5 heteroatoms. The lowest BCUT2D eigenvalue weighted by Crippen LogP contribution is -2.40. The minimum atomic E-state index is -0.363. The van der Waals surface area contributed by atoms with E-state index in [1.165, 1.54) is 0 Å². The Morgan fingerprint density at radius 3 is 2.50 bits per heavy atom. The second-order valence-electron chi connectivity index (χ2n) is 4.96. The van der Waals surface area contributed by atoms with E-state index in [4.69, 9.17) is 4.74 Å². The first-order chi connectivity index (χ1) is 9.60. The molecule has 1 aromatic carbocycles. The highest BCUT2D eigenvalue weighted by Crippen LogP contribution is 2.27. The Morgan fingerprint density at radius 2 is 1.95 bits per heavy atom. The zero-order valence-electron chi connectivity index (χ0n) is 11.9. The maximum atomic E-state index is 12.2. The highest BCUT2D eigenvalue weighted by atomic mass is 16.5. The second-order valence-corrected chi connectivity index (χ2v) is 4.96. The number of esters is 1. The van der Waals surface area contributed by atoms with Gasteiger partial charge in [-0.3, -0.25) is 4.79 Å². The summed E-state index contributed by atoms with van der Waals surface area (Å²) in [5.41, 5.74) is 1.86. The van der Waals surface area contributed by atoms with E-state index in [2.05, 4.69) is 5.32 Å². The molecule has 1 aromatic rings. The average molecular weight is 276 g/mol. The molecule has 0 heterocycles. The Bertz CT molecular complexity index is 480. The molecule has 5 nitrogen and oxygen atoms in total. The summed E-state index contributed by atoms with van der Waals surface area (Å²) in [5.74, 6) is -0.363. The number of rotatable bonds is 5. The molecule has 2 amide bonds. The molecule has 0 aliphatic heterocycles. The van der Waals surface area contributed by atoms with Gasteiger partial charge in [0.25, 0.3) is 0 Å². The van der Waals surface area contributed by atoms with Crippen LogP contribution in [0.5, 0.6) is 0 Å². The Morgan fingerprint density at radius 1 is 1.30 bits per heavy atom. The van der Waals surface area contributed by atoms with E-state index in [0.717, 1.165) is 24.1 Å². The maximum Gasteiger partial charge on any atom is 0.325 e. The monoisotopic (exact) mass is 276 g/mol. The van der Waals surface area contributed by atoms with Crippen molar-refractivity contribution in [3.05, 3.63) is 29.8 Å². The van der Waals surface area contributed by atoms with Gasteiger partial charge in [0.2, 0.25) is 0 Å². The van der Waals surface area contributed by atoms with Crippen LogP contribution in [0.25, 0.3) is 0 Å². The fourth-order valence-corrected chi connectivity index (χ4v) is 1.93. The van der Waals surface area contributed by atoms with Gasteiger partial charge in [-0.15, -0.1) is 0 Å². The van der Waals surface area contributed by atoms with Crippen molar-refractivity contribution >= 4 is 17.7 Å². The van der Waals surface area contributed by atoms with Crippen LogP contribution in [-0.2, 0) is 9.53 Å². The lowest BCUT2D eigenvalue weighted by molar-refractivity contribution is -0.143. The summed E-state index contributed by atoms with van der Waals surface area (Å²) in [5, 5.41) is 2.82. The first-order valence-electron chi connectivity index (χ1n) is 6.90. The largest absolute Gasteiger partial charge is 0.465 e. The average Bonchev–Trinajstić information content (AvgIpc) is 3.23. The predicted octanol–water partition coefficient (Wildman–Crippen LogP) is 2.55. The van der Waals surface area contributed by atoms with Gasteiger partial charge in [-0.25, -0.2) is 4.79 Å². The summed E-state index contributed by atoms with van der Waals surface area (Å²) in [6.45, 7) is 4.09.